The van der Waals surface area contributed by atoms with E-state index in [0.717, 1.165) is 6.92 Å². The summed E-state index contributed by atoms with van der Waals surface area (Å²) in [5.74, 6) is -2.71. The predicted molar refractivity (Wildman–Crippen MR) is 39.2 cm³/mol. The minimum absolute atomic E-state index is 0.910. The summed E-state index contributed by atoms with van der Waals surface area (Å²) in [7, 11) is -4.49. The molecule has 7 heteroatoms. The van der Waals surface area contributed by atoms with Crippen molar-refractivity contribution in [3.05, 3.63) is 0 Å². The smallest absolute Gasteiger partial charge is 0.307 e. The average Bonchev–Trinajstić information content (AvgIpc) is 1.85. The van der Waals surface area contributed by atoms with Crippen LogP contribution in [0.5, 0.6) is 0 Å². The normalized spacial score (nSPS) is 16.9. The van der Waals surface area contributed by atoms with Crippen molar-refractivity contribution < 1.29 is 28.0 Å². The van der Waals surface area contributed by atoms with Crippen LogP contribution < -0.4 is 0 Å². The molecular weight excluding hydrogens is 188 g/mol. The molecule has 2 unspecified atom stereocenters. The van der Waals surface area contributed by atoms with E-state index in [-0.39, 0.29) is 0 Å². The van der Waals surface area contributed by atoms with Crippen molar-refractivity contribution in [2.24, 2.45) is 5.92 Å². The maximum Gasteiger partial charge on any atom is 0.307 e. The molecule has 0 amide bonds. The number of hydrogen-bond acceptors (Lipinski definition) is 4. The molecule has 0 aromatic rings. The number of hydrogen-bond donors (Lipinski definition) is 3. The van der Waals surface area contributed by atoms with Gasteiger partial charge in [-0.05, 0) is 0 Å². The highest BCUT2D eigenvalue weighted by atomic mass is 32.2. The molecule has 0 saturated heterocycles. The summed E-state index contributed by atoms with van der Waals surface area (Å²) in [5, 5.41) is 15.2. The summed E-state index contributed by atoms with van der Waals surface area (Å²) >= 11 is 0. The third-order valence-electron chi connectivity index (χ3n) is 1.51. The van der Waals surface area contributed by atoms with Crippen LogP contribution in [-0.2, 0) is 14.9 Å². The molecule has 0 saturated carbocycles. The summed E-state index contributed by atoms with van der Waals surface area (Å²) in [6.45, 7) is 0.184. The first kappa shape index (κ1) is 11.3. The Bertz CT molecular complexity index is 255. The van der Waals surface area contributed by atoms with Gasteiger partial charge >= 0.3 is 5.97 Å². The second-order valence-electron chi connectivity index (χ2n) is 2.36. The molecule has 6 nitrogen and oxygen atoms in total. The number of aliphatic hydroxyl groups excluding tert-OH is 1. The fraction of sp³-hybridized carbons (Fsp3) is 0.800. The van der Waals surface area contributed by atoms with Gasteiger partial charge in [-0.1, -0.05) is 6.92 Å². The number of carbonyl (C=O) groups is 1. The third kappa shape index (κ3) is 2.76. The number of carboxylic acid groups (broad SMARTS) is 1. The van der Waals surface area contributed by atoms with Gasteiger partial charge in [-0.2, -0.15) is 8.42 Å². The van der Waals surface area contributed by atoms with Crippen molar-refractivity contribution in [2.45, 2.75) is 12.2 Å². The first-order chi connectivity index (χ1) is 5.30. The summed E-state index contributed by atoms with van der Waals surface area (Å²) in [4.78, 5) is 10.3. The summed E-state index contributed by atoms with van der Waals surface area (Å²) < 4.78 is 29.3. The molecule has 2 atom stereocenters. The van der Waals surface area contributed by atoms with Crippen molar-refractivity contribution in [1.29, 1.82) is 0 Å². The van der Waals surface area contributed by atoms with Gasteiger partial charge in [-0.15, -0.1) is 0 Å². The number of aliphatic hydroxyl groups is 1. The maximum absolute atomic E-state index is 10.4. The molecule has 0 radical (unpaired) electrons. The Hall–Kier alpha value is -0.660. The van der Waals surface area contributed by atoms with Gasteiger partial charge in [-0.25, -0.2) is 0 Å². The van der Waals surface area contributed by atoms with E-state index in [1.165, 1.54) is 0 Å². The lowest BCUT2D eigenvalue weighted by Gasteiger charge is -2.14. The van der Waals surface area contributed by atoms with E-state index in [1.807, 2.05) is 0 Å². The van der Waals surface area contributed by atoms with E-state index in [9.17, 15) is 13.2 Å². The number of carboxylic acids is 1. The number of rotatable bonds is 4. The van der Waals surface area contributed by atoms with Crippen molar-refractivity contribution >= 4 is 16.1 Å². The molecule has 0 bridgehead atoms. The first-order valence-electron chi connectivity index (χ1n) is 3.10. The molecule has 0 aliphatic heterocycles. The van der Waals surface area contributed by atoms with Crippen molar-refractivity contribution in [3.63, 3.8) is 0 Å². The molecule has 12 heavy (non-hydrogen) atoms. The molecule has 0 aliphatic rings. The molecule has 0 heterocycles. The molecule has 0 aliphatic carbocycles. The zero-order valence-electron chi connectivity index (χ0n) is 6.34. The molecule has 0 aromatic carbocycles. The van der Waals surface area contributed by atoms with Crippen LogP contribution in [0.3, 0.4) is 0 Å². The highest BCUT2D eigenvalue weighted by Crippen LogP contribution is 2.11. The zero-order valence-corrected chi connectivity index (χ0v) is 7.15. The van der Waals surface area contributed by atoms with E-state index in [2.05, 4.69) is 0 Å². The standard InChI is InChI=1S/C5H10O6S/c1-3(5(7)8)4(2-6)12(9,10)11/h3-4,6H,2H2,1H3,(H,7,8)(H,9,10,11). The van der Waals surface area contributed by atoms with Gasteiger partial charge in [0.2, 0.25) is 0 Å². The monoisotopic (exact) mass is 198 g/mol. The largest absolute Gasteiger partial charge is 0.481 e. The number of aliphatic carboxylic acids is 1. The van der Waals surface area contributed by atoms with E-state index in [0.29, 0.717) is 0 Å². The molecular formula is C5H10O6S. The van der Waals surface area contributed by atoms with Gasteiger partial charge in [0, 0.05) is 0 Å². The van der Waals surface area contributed by atoms with Gasteiger partial charge in [0.1, 0.15) is 5.25 Å². The van der Waals surface area contributed by atoms with E-state index < -0.39 is 33.9 Å². The van der Waals surface area contributed by atoms with Crippen LogP contribution in [0.4, 0.5) is 0 Å². The second kappa shape index (κ2) is 3.83. The fourth-order valence-electron chi connectivity index (χ4n) is 0.669. The Morgan fingerprint density at radius 3 is 2.00 bits per heavy atom. The summed E-state index contributed by atoms with van der Waals surface area (Å²) in [5.41, 5.74) is 0. The second-order valence-corrected chi connectivity index (χ2v) is 4.00. The maximum atomic E-state index is 10.4. The Morgan fingerprint density at radius 1 is 1.50 bits per heavy atom. The quantitative estimate of drug-likeness (QED) is 0.497. The minimum Gasteiger partial charge on any atom is -0.481 e. The van der Waals surface area contributed by atoms with Crippen molar-refractivity contribution in [3.8, 4) is 0 Å². The van der Waals surface area contributed by atoms with Crippen LogP contribution in [0.25, 0.3) is 0 Å². The fourth-order valence-corrected chi connectivity index (χ4v) is 1.49. The summed E-state index contributed by atoms with van der Waals surface area (Å²) in [6, 6.07) is 0. The Labute approximate surface area is 69.6 Å². The molecule has 0 spiro atoms. The third-order valence-corrected chi connectivity index (χ3v) is 2.83. The highest BCUT2D eigenvalue weighted by molar-refractivity contribution is 7.86. The predicted octanol–water partition coefficient (Wildman–Crippen LogP) is -1.04. The van der Waals surface area contributed by atoms with Crippen LogP contribution in [0.1, 0.15) is 6.92 Å². The van der Waals surface area contributed by atoms with Crippen LogP contribution in [-0.4, -0.2) is 41.0 Å². The van der Waals surface area contributed by atoms with Gasteiger partial charge in [-0.3, -0.25) is 9.35 Å². The van der Waals surface area contributed by atoms with Crippen LogP contribution >= 0.6 is 0 Å². The lowest BCUT2D eigenvalue weighted by molar-refractivity contribution is -0.141. The van der Waals surface area contributed by atoms with Crippen LogP contribution in [0.2, 0.25) is 0 Å². The molecule has 0 rings (SSSR count). The van der Waals surface area contributed by atoms with Crippen LogP contribution in [0.15, 0.2) is 0 Å². The Morgan fingerprint density at radius 2 is 1.92 bits per heavy atom. The van der Waals surface area contributed by atoms with E-state index >= 15 is 0 Å². The average molecular weight is 198 g/mol. The van der Waals surface area contributed by atoms with Crippen molar-refractivity contribution in [2.75, 3.05) is 6.61 Å². The lowest BCUT2D eigenvalue weighted by atomic mass is 10.1. The molecule has 3 N–H and O–H groups in total. The first-order valence-corrected chi connectivity index (χ1v) is 4.61. The topological polar surface area (TPSA) is 112 Å². The molecule has 0 fully saturated rings. The van der Waals surface area contributed by atoms with Gasteiger partial charge < -0.3 is 10.2 Å². The zero-order chi connectivity index (χ0) is 9.94. The Kier molecular flexibility index (Phi) is 3.62. The lowest BCUT2D eigenvalue weighted by Crippen LogP contribution is -2.35. The SMILES string of the molecule is CC(C(=O)O)C(CO)S(=O)(=O)O. The van der Waals surface area contributed by atoms with Crippen LogP contribution in [0, 0.1) is 5.92 Å². The Balaban J connectivity index is 4.70. The van der Waals surface area contributed by atoms with Gasteiger partial charge in [0.05, 0.1) is 12.5 Å². The van der Waals surface area contributed by atoms with Crippen molar-refractivity contribution in [1.82, 2.24) is 0 Å². The van der Waals surface area contributed by atoms with Gasteiger partial charge in [0.25, 0.3) is 10.1 Å². The molecule has 72 valence electrons. The highest BCUT2D eigenvalue weighted by Gasteiger charge is 2.32. The van der Waals surface area contributed by atoms with Gasteiger partial charge in [0.15, 0.2) is 0 Å². The van der Waals surface area contributed by atoms with E-state index in [1.54, 1.807) is 0 Å². The van der Waals surface area contributed by atoms with E-state index in [4.69, 9.17) is 14.8 Å². The molecule has 0 aromatic heterocycles. The summed E-state index contributed by atoms with van der Waals surface area (Å²) in [6.07, 6.45) is 0. The minimum atomic E-state index is -4.49.